The van der Waals surface area contributed by atoms with E-state index in [-0.39, 0.29) is 50.0 Å². The van der Waals surface area contributed by atoms with Crippen LogP contribution in [0.1, 0.15) is 26.3 Å². The fraction of sp³-hybridized carbons (Fsp3) is 0.0769. The number of nitrogens with one attached hydrogen (secondary N) is 2. The summed E-state index contributed by atoms with van der Waals surface area (Å²) in [5.74, 6) is -2.78. The van der Waals surface area contributed by atoms with Gasteiger partial charge in [0, 0.05) is 47.3 Å². The number of aromatic carboxylic acids is 2. The van der Waals surface area contributed by atoms with Crippen LogP contribution >= 0.6 is 69.4 Å². The monoisotopic (exact) mass is 874 g/mol. The standard InChI is InChI=1S/C20H14F3NO3S2.C19H13Cl2NO3S2/c21-20(22,23)13-8-6-12(7-9-13)15-10-29-18(17(15)19(26)27)24-16(25)11-28-14-4-2-1-3-5-14;20-11-6-7-13(15(21)8-11)14-9-27-18(17(14)19(24)25)22-16(23)10-26-12-4-2-1-3-5-12/h1-10H,11H2,(H,24,25)(H,26,27);1-9H,10H2,(H,22,23)(H,24,25). The number of amides is 2. The van der Waals surface area contributed by atoms with Crippen LogP contribution < -0.4 is 10.6 Å². The lowest BCUT2D eigenvalue weighted by Gasteiger charge is -2.08. The van der Waals surface area contributed by atoms with Crippen molar-refractivity contribution in [1.82, 2.24) is 0 Å². The van der Waals surface area contributed by atoms with Crippen molar-refractivity contribution >= 4 is 103 Å². The first-order valence-electron chi connectivity index (χ1n) is 16.0. The van der Waals surface area contributed by atoms with Crippen molar-refractivity contribution in [3.05, 3.63) is 141 Å². The molecule has 0 bridgehead atoms. The molecule has 2 amide bonds. The van der Waals surface area contributed by atoms with E-state index in [0.717, 1.165) is 44.6 Å². The zero-order chi connectivity index (χ0) is 40.4. The first kappa shape index (κ1) is 42.4. The zero-order valence-electron chi connectivity index (χ0n) is 28.4. The number of alkyl halides is 3. The number of hydrogen-bond donors (Lipinski definition) is 4. The number of thioether (sulfide) groups is 2. The number of thiophene rings is 2. The number of carboxylic acids is 2. The second-order valence-electron chi connectivity index (χ2n) is 11.3. The zero-order valence-corrected chi connectivity index (χ0v) is 33.2. The van der Waals surface area contributed by atoms with Gasteiger partial charge in [0.25, 0.3) is 0 Å². The van der Waals surface area contributed by atoms with Crippen molar-refractivity contribution < 1.29 is 42.6 Å². The van der Waals surface area contributed by atoms with Gasteiger partial charge in [-0.1, -0.05) is 77.8 Å². The number of anilines is 2. The van der Waals surface area contributed by atoms with Gasteiger partial charge >= 0.3 is 18.1 Å². The Hall–Kier alpha value is -4.77. The summed E-state index contributed by atoms with van der Waals surface area (Å²) in [5.41, 5.74) is 0.622. The summed E-state index contributed by atoms with van der Waals surface area (Å²) >= 11 is 17.0. The third-order valence-electron chi connectivity index (χ3n) is 7.49. The summed E-state index contributed by atoms with van der Waals surface area (Å²) < 4.78 is 38.2. The molecule has 4 aromatic carbocycles. The van der Waals surface area contributed by atoms with E-state index in [4.69, 9.17) is 23.2 Å². The summed E-state index contributed by atoms with van der Waals surface area (Å²) in [4.78, 5) is 49.9. The smallest absolute Gasteiger partial charge is 0.416 e. The first-order valence-corrected chi connectivity index (χ1v) is 20.5. The van der Waals surface area contributed by atoms with Gasteiger partial charge in [-0.2, -0.15) is 13.2 Å². The number of hydrogen-bond acceptors (Lipinski definition) is 8. The van der Waals surface area contributed by atoms with E-state index >= 15 is 0 Å². The topological polar surface area (TPSA) is 133 Å². The van der Waals surface area contributed by atoms with Crippen molar-refractivity contribution in [1.29, 1.82) is 0 Å². The third kappa shape index (κ3) is 11.4. The molecule has 0 spiro atoms. The van der Waals surface area contributed by atoms with Gasteiger partial charge in [0.1, 0.15) is 21.1 Å². The average molecular weight is 876 g/mol. The summed E-state index contributed by atoms with van der Waals surface area (Å²) in [7, 11) is 0. The highest BCUT2D eigenvalue weighted by molar-refractivity contribution is 8.00. The van der Waals surface area contributed by atoms with E-state index < -0.39 is 23.7 Å². The molecule has 8 nitrogen and oxygen atoms in total. The highest BCUT2D eigenvalue weighted by Crippen LogP contribution is 2.40. The lowest BCUT2D eigenvalue weighted by atomic mass is 10.0. The van der Waals surface area contributed by atoms with Gasteiger partial charge in [-0.3, -0.25) is 9.59 Å². The highest BCUT2D eigenvalue weighted by Gasteiger charge is 2.30. The molecular formula is C39H27Cl2F3N2O6S4. The Bertz CT molecular complexity index is 2340. The molecule has 0 atom stereocenters. The van der Waals surface area contributed by atoms with Crippen LogP contribution in [0, 0.1) is 0 Å². The van der Waals surface area contributed by atoms with Crippen LogP contribution in [0.15, 0.2) is 124 Å². The number of halogens is 5. The Morgan fingerprint density at radius 1 is 0.625 bits per heavy atom. The molecule has 56 heavy (non-hydrogen) atoms. The van der Waals surface area contributed by atoms with Crippen LogP contribution in [0.3, 0.4) is 0 Å². The highest BCUT2D eigenvalue weighted by atomic mass is 35.5. The number of carboxylic acid groups (broad SMARTS) is 2. The molecule has 6 rings (SSSR count). The summed E-state index contributed by atoms with van der Waals surface area (Å²) in [6.07, 6.45) is -4.47. The van der Waals surface area contributed by atoms with Gasteiger partial charge in [0.05, 0.1) is 17.1 Å². The first-order chi connectivity index (χ1) is 26.7. The predicted molar refractivity (Wildman–Crippen MR) is 220 cm³/mol. The van der Waals surface area contributed by atoms with E-state index in [1.807, 2.05) is 60.7 Å². The van der Waals surface area contributed by atoms with Crippen LogP contribution in [0.2, 0.25) is 10.0 Å². The molecule has 0 radical (unpaired) electrons. The number of rotatable bonds is 12. The fourth-order valence-electron chi connectivity index (χ4n) is 4.94. The lowest BCUT2D eigenvalue weighted by molar-refractivity contribution is -0.137. The van der Waals surface area contributed by atoms with Gasteiger partial charge in [0.15, 0.2) is 0 Å². The van der Waals surface area contributed by atoms with Crippen LogP contribution in [-0.2, 0) is 15.8 Å². The average Bonchev–Trinajstić information content (AvgIpc) is 3.78. The molecule has 6 aromatic rings. The second-order valence-corrected chi connectivity index (χ2v) is 16.0. The van der Waals surface area contributed by atoms with Crippen molar-refractivity contribution in [2.75, 3.05) is 22.1 Å². The molecule has 17 heteroatoms. The summed E-state index contributed by atoms with van der Waals surface area (Å²) in [5, 5.41) is 28.9. The molecule has 0 saturated heterocycles. The number of benzene rings is 4. The molecule has 288 valence electrons. The quantitative estimate of drug-likeness (QED) is 0.0894. The fourth-order valence-corrected chi connectivity index (χ4v) is 8.83. The van der Waals surface area contributed by atoms with Crippen LogP contribution in [0.4, 0.5) is 23.2 Å². The van der Waals surface area contributed by atoms with Crippen LogP contribution in [0.25, 0.3) is 22.3 Å². The molecule has 4 N–H and O–H groups in total. The number of carbonyl (C=O) groups excluding carboxylic acids is 2. The third-order valence-corrected chi connectivity index (χ3v) is 11.8. The van der Waals surface area contributed by atoms with Gasteiger partial charge in [-0.25, -0.2) is 9.59 Å². The molecule has 0 aliphatic carbocycles. The van der Waals surface area contributed by atoms with Gasteiger partial charge < -0.3 is 20.8 Å². The van der Waals surface area contributed by atoms with Crippen LogP contribution in [-0.4, -0.2) is 45.5 Å². The van der Waals surface area contributed by atoms with E-state index in [9.17, 15) is 42.6 Å². The maximum absolute atomic E-state index is 12.7. The molecule has 0 unspecified atom stereocenters. The van der Waals surface area contributed by atoms with Crippen molar-refractivity contribution in [2.45, 2.75) is 16.0 Å². The number of carbonyl (C=O) groups is 4. The van der Waals surface area contributed by atoms with Crippen molar-refractivity contribution in [2.24, 2.45) is 0 Å². The Labute approximate surface area is 344 Å². The van der Waals surface area contributed by atoms with Gasteiger partial charge in [0.2, 0.25) is 11.8 Å². The van der Waals surface area contributed by atoms with Crippen molar-refractivity contribution in [3.8, 4) is 22.3 Å². The SMILES string of the molecule is O=C(CSc1ccccc1)Nc1scc(-c2ccc(C(F)(F)F)cc2)c1C(=O)O.O=C(CSc1ccccc1)Nc1scc(-c2ccc(Cl)cc2Cl)c1C(=O)O. The molecule has 0 aliphatic rings. The molecule has 0 fully saturated rings. The van der Waals surface area contributed by atoms with Crippen LogP contribution in [0.5, 0.6) is 0 Å². The van der Waals surface area contributed by atoms with E-state index in [1.165, 1.54) is 41.0 Å². The molecular weight excluding hydrogens is 849 g/mol. The van der Waals surface area contributed by atoms with Gasteiger partial charge in [-0.15, -0.1) is 46.2 Å². The van der Waals surface area contributed by atoms with Gasteiger partial charge in [-0.05, 0) is 54.1 Å². The van der Waals surface area contributed by atoms with Crippen molar-refractivity contribution in [3.63, 3.8) is 0 Å². The normalized spacial score (nSPS) is 10.9. The molecule has 0 aliphatic heterocycles. The lowest BCUT2D eigenvalue weighted by Crippen LogP contribution is -2.15. The maximum Gasteiger partial charge on any atom is 0.416 e. The summed E-state index contributed by atoms with van der Waals surface area (Å²) in [6, 6.07) is 27.8. The summed E-state index contributed by atoms with van der Waals surface area (Å²) in [6.45, 7) is 0. The Balaban J connectivity index is 0.000000215. The molecule has 0 saturated carbocycles. The maximum atomic E-state index is 12.7. The predicted octanol–water partition coefficient (Wildman–Crippen LogP) is 12.0. The molecule has 2 aromatic heterocycles. The Morgan fingerprint density at radius 2 is 1.09 bits per heavy atom. The van der Waals surface area contributed by atoms with E-state index in [2.05, 4.69) is 10.6 Å². The largest absolute Gasteiger partial charge is 0.478 e. The van der Waals surface area contributed by atoms with E-state index in [0.29, 0.717) is 26.7 Å². The minimum Gasteiger partial charge on any atom is -0.478 e. The van der Waals surface area contributed by atoms with E-state index in [1.54, 1.807) is 23.6 Å². The second kappa shape index (κ2) is 19.4. The molecule has 2 heterocycles. The minimum absolute atomic E-state index is 0.0160. The minimum atomic E-state index is -4.47. The Kier molecular flexibility index (Phi) is 14.7. The Morgan fingerprint density at radius 3 is 1.54 bits per heavy atom.